The Morgan fingerprint density at radius 1 is 0.153 bits per heavy atom. The average molecular weight is 843 g/mol. The van der Waals surface area contributed by atoms with Crippen LogP contribution in [-0.4, -0.2) is 123 Å². The standard InChI is InChI=1S/4C12H27N.C6H15N/c4*1-4-7-10-13(11-8-5-2)12-9-6-3;1-4-7(5-2)6-3/h4*4-12H2,1-3H3;4-6H2,1-3H3. The fraction of sp³-hybridized carbons (Fsp3) is 1.00. The fourth-order valence-electron chi connectivity index (χ4n) is 6.59. The van der Waals surface area contributed by atoms with Crippen LogP contribution >= 0.6 is 0 Å². The zero-order valence-corrected chi connectivity index (χ0v) is 44.8. The van der Waals surface area contributed by atoms with Crippen molar-refractivity contribution in [3.8, 4) is 0 Å². The molecule has 0 aromatic carbocycles. The smallest absolute Gasteiger partial charge is 0.00188 e. The largest absolute Gasteiger partial charge is 0.304 e. The molecule has 0 heterocycles. The highest BCUT2D eigenvalue weighted by Crippen LogP contribution is 2.05. The van der Waals surface area contributed by atoms with Crippen molar-refractivity contribution in [3.63, 3.8) is 0 Å². The molecule has 0 unspecified atom stereocenters. The Balaban J connectivity index is -0.000000209. The SMILES string of the molecule is CCCCN(CCCC)CCCC.CCCCN(CCCC)CCCC.CCCCN(CCCC)CCCC.CCCCN(CCCC)CCCC.CCN(CC)CC. The van der Waals surface area contributed by atoms with E-state index >= 15 is 0 Å². The molecule has 0 atom stereocenters. The van der Waals surface area contributed by atoms with Gasteiger partial charge in [-0.2, -0.15) is 0 Å². The molecule has 0 spiro atoms. The van der Waals surface area contributed by atoms with E-state index in [4.69, 9.17) is 0 Å². The van der Waals surface area contributed by atoms with Crippen molar-refractivity contribution < 1.29 is 0 Å². The molecule has 0 bridgehead atoms. The van der Waals surface area contributed by atoms with Gasteiger partial charge in [-0.1, -0.05) is 181 Å². The minimum absolute atomic E-state index is 1.19. The minimum Gasteiger partial charge on any atom is -0.304 e. The van der Waals surface area contributed by atoms with Gasteiger partial charge in [-0.3, -0.25) is 0 Å². The summed E-state index contributed by atoms with van der Waals surface area (Å²) in [5, 5.41) is 0. The third-order valence-electron chi connectivity index (χ3n) is 11.3. The van der Waals surface area contributed by atoms with Crippen molar-refractivity contribution in [2.75, 3.05) is 98.2 Å². The van der Waals surface area contributed by atoms with Gasteiger partial charge in [0, 0.05) is 0 Å². The van der Waals surface area contributed by atoms with Crippen molar-refractivity contribution in [1.82, 2.24) is 24.5 Å². The lowest BCUT2D eigenvalue weighted by molar-refractivity contribution is 0.261. The topological polar surface area (TPSA) is 16.2 Å². The molecule has 5 heteroatoms. The van der Waals surface area contributed by atoms with Crippen LogP contribution in [0.1, 0.15) is 258 Å². The van der Waals surface area contributed by atoms with Gasteiger partial charge in [0.05, 0.1) is 0 Å². The molecule has 0 rings (SSSR count). The molecule has 0 aromatic heterocycles. The summed E-state index contributed by atoms with van der Waals surface area (Å²) < 4.78 is 0. The van der Waals surface area contributed by atoms with E-state index in [1.807, 2.05) is 0 Å². The van der Waals surface area contributed by atoms with Crippen LogP contribution in [0.25, 0.3) is 0 Å². The van der Waals surface area contributed by atoms with Gasteiger partial charge in [0.25, 0.3) is 0 Å². The summed E-state index contributed by atoms with van der Waals surface area (Å²) in [6.07, 6.45) is 32.4. The molecule has 0 aliphatic rings. The molecule has 0 amide bonds. The molecule has 0 fully saturated rings. The van der Waals surface area contributed by atoms with Crippen LogP contribution in [0.4, 0.5) is 0 Å². The minimum atomic E-state index is 1.19. The molecule has 0 saturated carbocycles. The summed E-state index contributed by atoms with van der Waals surface area (Å²) in [7, 11) is 0. The highest BCUT2D eigenvalue weighted by Gasteiger charge is 2.05. The van der Waals surface area contributed by atoms with Gasteiger partial charge < -0.3 is 24.5 Å². The molecule has 364 valence electrons. The Bertz CT molecular complexity index is 465. The van der Waals surface area contributed by atoms with E-state index < -0.39 is 0 Å². The van der Waals surface area contributed by atoms with Crippen molar-refractivity contribution >= 4 is 0 Å². The normalized spacial score (nSPS) is 11.0. The van der Waals surface area contributed by atoms with Crippen molar-refractivity contribution in [2.24, 2.45) is 0 Å². The summed E-state index contributed by atoms with van der Waals surface area (Å²) >= 11 is 0. The van der Waals surface area contributed by atoms with Gasteiger partial charge in [-0.25, -0.2) is 0 Å². The summed E-state index contributed by atoms with van der Waals surface area (Å²) in [4.78, 5) is 12.9. The third-order valence-corrected chi connectivity index (χ3v) is 11.3. The van der Waals surface area contributed by atoms with E-state index in [0.29, 0.717) is 0 Å². The maximum absolute atomic E-state index is 2.64. The maximum atomic E-state index is 2.64. The molecule has 0 aromatic rings. The number of hydrogen-bond donors (Lipinski definition) is 0. The predicted octanol–water partition coefficient (Wildman–Crippen LogP) is 16.1. The molecule has 59 heavy (non-hydrogen) atoms. The molecular formula is C54H123N5. The first-order valence-corrected chi connectivity index (χ1v) is 27.4. The molecular weight excluding hydrogens is 719 g/mol. The number of rotatable bonds is 39. The van der Waals surface area contributed by atoms with Crippen LogP contribution in [-0.2, 0) is 0 Å². The second-order valence-corrected chi connectivity index (χ2v) is 17.2. The highest BCUT2D eigenvalue weighted by atomic mass is 15.1. The van der Waals surface area contributed by atoms with Crippen molar-refractivity contribution in [2.45, 2.75) is 258 Å². The monoisotopic (exact) mass is 842 g/mol. The number of unbranched alkanes of at least 4 members (excludes halogenated alkanes) is 12. The van der Waals surface area contributed by atoms with Gasteiger partial charge in [0.2, 0.25) is 0 Å². The quantitative estimate of drug-likeness (QED) is 0.0611. The summed E-state index contributed by atoms with van der Waals surface area (Å²) in [6, 6.07) is 0. The Labute approximate surface area is 379 Å². The van der Waals surface area contributed by atoms with Crippen molar-refractivity contribution in [3.05, 3.63) is 0 Å². The van der Waals surface area contributed by atoms with Crippen LogP contribution in [0.3, 0.4) is 0 Å². The lowest BCUT2D eigenvalue weighted by Crippen LogP contribution is -2.27. The Kier molecular flexibility index (Phi) is 74.1. The van der Waals surface area contributed by atoms with E-state index in [9.17, 15) is 0 Å². The zero-order chi connectivity index (χ0) is 45.5. The maximum Gasteiger partial charge on any atom is -0.00188 e. The first-order chi connectivity index (χ1) is 28.7. The predicted molar refractivity (Wildman–Crippen MR) is 278 cm³/mol. The average Bonchev–Trinajstić information content (AvgIpc) is 3.26. The van der Waals surface area contributed by atoms with E-state index in [2.05, 4.69) is 128 Å². The molecule has 0 saturated heterocycles. The highest BCUT2D eigenvalue weighted by molar-refractivity contribution is 4.60. The van der Waals surface area contributed by atoms with Crippen LogP contribution in [0, 0.1) is 0 Å². The lowest BCUT2D eigenvalue weighted by atomic mass is 10.2. The first kappa shape index (κ1) is 67.9. The first-order valence-electron chi connectivity index (χ1n) is 27.4. The summed E-state index contributed by atoms with van der Waals surface area (Å²) in [5.41, 5.74) is 0. The van der Waals surface area contributed by atoms with Gasteiger partial charge >= 0.3 is 0 Å². The van der Waals surface area contributed by atoms with Gasteiger partial charge in [-0.05, 0) is 175 Å². The lowest BCUT2D eigenvalue weighted by Gasteiger charge is -2.21. The molecule has 0 N–H and O–H groups in total. The second-order valence-electron chi connectivity index (χ2n) is 17.2. The van der Waals surface area contributed by atoms with Crippen LogP contribution < -0.4 is 0 Å². The summed E-state index contributed by atoms with van der Waals surface area (Å²) in [6.45, 7) is 53.2. The van der Waals surface area contributed by atoms with Crippen LogP contribution in [0.5, 0.6) is 0 Å². The Hall–Kier alpha value is -0.200. The molecule has 0 radical (unpaired) electrons. The number of nitrogens with zero attached hydrogens (tertiary/aromatic N) is 5. The van der Waals surface area contributed by atoms with E-state index in [1.54, 1.807) is 0 Å². The van der Waals surface area contributed by atoms with E-state index in [0.717, 1.165) is 0 Å². The summed E-state index contributed by atoms with van der Waals surface area (Å²) in [5.74, 6) is 0. The van der Waals surface area contributed by atoms with Gasteiger partial charge in [-0.15, -0.1) is 0 Å². The third kappa shape index (κ3) is 62.2. The number of hydrogen-bond acceptors (Lipinski definition) is 5. The van der Waals surface area contributed by atoms with Gasteiger partial charge in [0.15, 0.2) is 0 Å². The molecule has 0 aliphatic carbocycles. The van der Waals surface area contributed by atoms with Crippen LogP contribution in [0.2, 0.25) is 0 Å². The van der Waals surface area contributed by atoms with E-state index in [1.165, 1.54) is 252 Å². The van der Waals surface area contributed by atoms with E-state index in [-0.39, 0.29) is 0 Å². The van der Waals surface area contributed by atoms with Crippen molar-refractivity contribution in [1.29, 1.82) is 0 Å². The molecule has 0 aliphatic heterocycles. The Morgan fingerprint density at radius 3 is 0.305 bits per heavy atom. The zero-order valence-electron chi connectivity index (χ0n) is 44.8. The Morgan fingerprint density at radius 2 is 0.254 bits per heavy atom. The van der Waals surface area contributed by atoms with Crippen LogP contribution in [0.15, 0.2) is 0 Å². The fourth-order valence-corrected chi connectivity index (χ4v) is 6.59. The second kappa shape index (κ2) is 64.4. The van der Waals surface area contributed by atoms with Gasteiger partial charge in [0.1, 0.15) is 0 Å². The molecule has 5 nitrogen and oxygen atoms in total.